The normalized spacial score (nSPS) is 17.8. The van der Waals surface area contributed by atoms with Crippen LogP contribution in [0.1, 0.15) is 18.9 Å². The minimum Gasteiger partial charge on any atom is -0.321 e. The van der Waals surface area contributed by atoms with Crippen molar-refractivity contribution in [1.29, 1.82) is 0 Å². The summed E-state index contributed by atoms with van der Waals surface area (Å²) in [4.78, 5) is 4.17. The van der Waals surface area contributed by atoms with Gasteiger partial charge in [0.15, 0.2) is 4.73 Å². The van der Waals surface area contributed by atoms with Gasteiger partial charge in [-0.25, -0.2) is 4.98 Å². The highest BCUT2D eigenvalue weighted by Gasteiger charge is 2.25. The lowest BCUT2D eigenvalue weighted by molar-refractivity contribution is 0.720. The molecule has 1 aromatic rings. The Morgan fingerprint density at radius 2 is 2.20 bits per heavy atom. The maximum atomic E-state index is 4.17. The zero-order valence-corrected chi connectivity index (χ0v) is 8.39. The first-order valence-corrected chi connectivity index (χ1v) is 4.76. The van der Waals surface area contributed by atoms with Gasteiger partial charge in [0.25, 0.3) is 0 Å². The fourth-order valence-electron chi connectivity index (χ4n) is 0.952. The Morgan fingerprint density at radius 1 is 1.50 bits per heavy atom. The molecule has 1 heterocycles. The fourth-order valence-corrected chi connectivity index (χ4v) is 2.16. The van der Waals surface area contributed by atoms with Crippen LogP contribution in [0.3, 0.4) is 0 Å². The Hall–Kier alpha value is 0.170. The van der Waals surface area contributed by atoms with Crippen molar-refractivity contribution in [3.05, 3.63) is 15.5 Å². The first kappa shape index (κ1) is 6.85. The highest BCUT2D eigenvalue weighted by atomic mass is 79.9. The summed E-state index contributed by atoms with van der Waals surface area (Å²) < 4.78 is 4.00. The van der Waals surface area contributed by atoms with Gasteiger partial charge in [0, 0.05) is 12.2 Å². The second kappa shape index (κ2) is 2.34. The molecule has 1 fully saturated rings. The number of nitrogens with zero attached hydrogens (tertiary/aromatic N) is 2. The summed E-state index contributed by atoms with van der Waals surface area (Å²) in [7, 11) is 0. The zero-order chi connectivity index (χ0) is 7.14. The second-order valence-corrected chi connectivity index (χ2v) is 3.99. The Balaban J connectivity index is 2.38. The molecule has 0 unspecified atom stereocenters. The van der Waals surface area contributed by atoms with Crippen molar-refractivity contribution in [3.63, 3.8) is 0 Å². The molecule has 0 saturated heterocycles. The molecule has 1 aliphatic rings. The van der Waals surface area contributed by atoms with Gasteiger partial charge in [-0.05, 0) is 44.7 Å². The number of aromatic nitrogens is 2. The third-order valence-electron chi connectivity index (χ3n) is 1.60. The number of halogens is 2. The molecule has 4 heteroatoms. The fraction of sp³-hybridized carbons (Fsp3) is 0.500. The number of hydrogen-bond acceptors (Lipinski definition) is 1. The SMILES string of the molecule is Brc1cn(C2CC2)c(Br)n1. The monoisotopic (exact) mass is 264 g/mol. The predicted octanol–water partition coefficient (Wildman–Crippen LogP) is 2.74. The largest absolute Gasteiger partial charge is 0.321 e. The van der Waals surface area contributed by atoms with Crippen molar-refractivity contribution in [2.24, 2.45) is 0 Å². The Labute approximate surface area is 75.9 Å². The molecule has 1 saturated carbocycles. The van der Waals surface area contributed by atoms with Crippen molar-refractivity contribution in [2.45, 2.75) is 18.9 Å². The van der Waals surface area contributed by atoms with Crippen molar-refractivity contribution in [2.75, 3.05) is 0 Å². The van der Waals surface area contributed by atoms with E-state index in [2.05, 4.69) is 41.4 Å². The molecule has 0 spiro atoms. The van der Waals surface area contributed by atoms with Gasteiger partial charge in [0.1, 0.15) is 4.60 Å². The van der Waals surface area contributed by atoms with Crippen LogP contribution in [0.5, 0.6) is 0 Å². The summed E-state index contributed by atoms with van der Waals surface area (Å²) in [5.41, 5.74) is 0. The van der Waals surface area contributed by atoms with Crippen LogP contribution in [0.2, 0.25) is 0 Å². The van der Waals surface area contributed by atoms with E-state index in [1.807, 2.05) is 6.20 Å². The first-order valence-electron chi connectivity index (χ1n) is 3.17. The smallest absolute Gasteiger partial charge is 0.178 e. The van der Waals surface area contributed by atoms with E-state index in [0.717, 1.165) is 9.34 Å². The minimum atomic E-state index is 0.702. The third kappa shape index (κ3) is 1.14. The average molecular weight is 266 g/mol. The highest BCUT2D eigenvalue weighted by Crippen LogP contribution is 2.37. The first-order chi connectivity index (χ1) is 4.77. The summed E-state index contributed by atoms with van der Waals surface area (Å²) in [6.07, 6.45) is 4.60. The molecule has 0 aliphatic heterocycles. The van der Waals surface area contributed by atoms with E-state index in [9.17, 15) is 0 Å². The van der Waals surface area contributed by atoms with E-state index in [4.69, 9.17) is 0 Å². The molecular formula is C6H6Br2N2. The maximum Gasteiger partial charge on any atom is 0.178 e. The minimum absolute atomic E-state index is 0.702. The Bertz CT molecular complexity index is 252. The van der Waals surface area contributed by atoms with Gasteiger partial charge in [-0.15, -0.1) is 0 Å². The molecule has 10 heavy (non-hydrogen) atoms. The van der Waals surface area contributed by atoms with Crippen LogP contribution in [-0.2, 0) is 0 Å². The summed E-state index contributed by atoms with van der Waals surface area (Å²) >= 11 is 6.70. The number of imidazole rings is 1. The Morgan fingerprint density at radius 3 is 2.60 bits per heavy atom. The summed E-state index contributed by atoms with van der Waals surface area (Å²) in [6.45, 7) is 0. The van der Waals surface area contributed by atoms with Crippen molar-refractivity contribution in [1.82, 2.24) is 9.55 Å². The van der Waals surface area contributed by atoms with E-state index >= 15 is 0 Å². The van der Waals surface area contributed by atoms with E-state index in [1.165, 1.54) is 12.8 Å². The molecule has 1 aliphatic carbocycles. The molecule has 0 atom stereocenters. The molecule has 0 aromatic carbocycles. The summed E-state index contributed by atoms with van der Waals surface area (Å²) in [6, 6.07) is 0.702. The summed E-state index contributed by atoms with van der Waals surface area (Å²) in [5.74, 6) is 0. The molecule has 1 aromatic heterocycles. The highest BCUT2D eigenvalue weighted by molar-refractivity contribution is 9.11. The number of hydrogen-bond donors (Lipinski definition) is 0. The molecule has 0 bridgehead atoms. The maximum absolute atomic E-state index is 4.17. The molecule has 0 radical (unpaired) electrons. The molecule has 0 N–H and O–H groups in total. The zero-order valence-electron chi connectivity index (χ0n) is 5.22. The van der Waals surface area contributed by atoms with E-state index in [1.54, 1.807) is 0 Å². The van der Waals surface area contributed by atoms with Crippen LogP contribution in [0.25, 0.3) is 0 Å². The number of rotatable bonds is 1. The van der Waals surface area contributed by atoms with E-state index < -0.39 is 0 Å². The quantitative estimate of drug-likeness (QED) is 0.764. The van der Waals surface area contributed by atoms with Crippen molar-refractivity contribution < 1.29 is 0 Å². The predicted molar refractivity (Wildman–Crippen MR) is 45.9 cm³/mol. The molecule has 2 rings (SSSR count). The van der Waals surface area contributed by atoms with E-state index in [0.29, 0.717) is 6.04 Å². The van der Waals surface area contributed by atoms with Crippen LogP contribution in [0.4, 0.5) is 0 Å². The standard InChI is InChI=1S/C6H6Br2N2/c7-5-3-10(4-1-2-4)6(8)9-5/h3-4H,1-2H2. The van der Waals surface area contributed by atoms with Crippen LogP contribution in [0.15, 0.2) is 15.5 Å². The van der Waals surface area contributed by atoms with E-state index in [-0.39, 0.29) is 0 Å². The lowest BCUT2D eigenvalue weighted by Crippen LogP contribution is -1.90. The van der Waals surface area contributed by atoms with Gasteiger partial charge < -0.3 is 4.57 Å². The molecule has 0 amide bonds. The topological polar surface area (TPSA) is 17.8 Å². The van der Waals surface area contributed by atoms with Gasteiger partial charge in [-0.1, -0.05) is 0 Å². The van der Waals surface area contributed by atoms with Crippen LogP contribution < -0.4 is 0 Å². The molecule has 2 nitrogen and oxygen atoms in total. The lowest BCUT2D eigenvalue weighted by Gasteiger charge is -1.96. The summed E-state index contributed by atoms with van der Waals surface area (Å²) in [5, 5.41) is 0. The molecular weight excluding hydrogens is 260 g/mol. The van der Waals surface area contributed by atoms with Gasteiger partial charge in [0.05, 0.1) is 0 Å². The van der Waals surface area contributed by atoms with Gasteiger partial charge in [-0.3, -0.25) is 0 Å². The van der Waals surface area contributed by atoms with Crippen molar-refractivity contribution in [3.8, 4) is 0 Å². The van der Waals surface area contributed by atoms with Crippen LogP contribution in [0, 0.1) is 0 Å². The lowest BCUT2D eigenvalue weighted by atomic mass is 10.7. The Kier molecular flexibility index (Phi) is 1.60. The second-order valence-electron chi connectivity index (χ2n) is 2.47. The third-order valence-corrected chi connectivity index (χ3v) is 2.57. The molecule has 54 valence electrons. The van der Waals surface area contributed by atoms with Gasteiger partial charge >= 0.3 is 0 Å². The van der Waals surface area contributed by atoms with Gasteiger partial charge in [-0.2, -0.15) is 0 Å². The van der Waals surface area contributed by atoms with Crippen LogP contribution in [-0.4, -0.2) is 9.55 Å². The van der Waals surface area contributed by atoms with Crippen LogP contribution >= 0.6 is 31.9 Å². The van der Waals surface area contributed by atoms with Crippen molar-refractivity contribution >= 4 is 31.9 Å². The van der Waals surface area contributed by atoms with Gasteiger partial charge in [0.2, 0.25) is 0 Å². The average Bonchev–Trinajstić information content (AvgIpc) is 2.61.